The average molecular weight is 316 g/mol. The van der Waals surface area contributed by atoms with Crippen LogP contribution in [0.2, 0.25) is 0 Å². The molecular weight excluding hydrogens is 288 g/mol. The van der Waals surface area contributed by atoms with Crippen LogP contribution in [0.4, 0.5) is 0 Å². The second-order valence-corrected chi connectivity index (χ2v) is 7.64. The Morgan fingerprint density at radius 1 is 1.24 bits per heavy atom. The van der Waals surface area contributed by atoms with Crippen LogP contribution in [0.3, 0.4) is 0 Å². The first-order valence-corrected chi connectivity index (χ1v) is 8.79. The zero-order valence-corrected chi connectivity index (χ0v) is 14.4. The molecule has 1 fully saturated rings. The van der Waals surface area contributed by atoms with E-state index in [4.69, 9.17) is 0 Å². The molecule has 1 saturated heterocycles. The van der Waals surface area contributed by atoms with Crippen molar-refractivity contribution in [3.8, 4) is 0 Å². The first-order chi connectivity index (χ1) is 9.81. The van der Waals surface area contributed by atoms with Gasteiger partial charge in [-0.15, -0.1) is 0 Å². The summed E-state index contributed by atoms with van der Waals surface area (Å²) in [6.07, 6.45) is 0. The van der Waals surface area contributed by atoms with Crippen LogP contribution in [-0.4, -0.2) is 70.5 Å². The number of carboxylic acid groups (broad SMARTS) is 1. The molecule has 0 aromatic rings. The molecule has 5 nitrogen and oxygen atoms in total. The van der Waals surface area contributed by atoms with E-state index in [1.165, 1.54) is 0 Å². The molecule has 0 aromatic heterocycles. The molecule has 1 heterocycles. The monoisotopic (exact) mass is 316 g/mol. The van der Waals surface area contributed by atoms with Gasteiger partial charge in [-0.3, -0.25) is 14.5 Å². The fourth-order valence-electron chi connectivity index (χ4n) is 2.49. The molecule has 1 atom stereocenters. The molecule has 122 valence electrons. The first-order valence-electron chi connectivity index (χ1n) is 7.63. The van der Waals surface area contributed by atoms with E-state index in [9.17, 15) is 14.7 Å². The van der Waals surface area contributed by atoms with Crippen LogP contribution in [-0.2, 0) is 9.59 Å². The quantitative estimate of drug-likeness (QED) is 0.773. The molecule has 0 radical (unpaired) electrons. The van der Waals surface area contributed by atoms with Crippen LogP contribution >= 0.6 is 11.8 Å². The maximum Gasteiger partial charge on any atom is 0.321 e. The predicted octanol–water partition coefficient (Wildman–Crippen LogP) is 1.63. The van der Waals surface area contributed by atoms with E-state index in [2.05, 4.69) is 27.7 Å². The van der Waals surface area contributed by atoms with Gasteiger partial charge >= 0.3 is 5.97 Å². The van der Waals surface area contributed by atoms with E-state index in [1.807, 2.05) is 9.80 Å². The number of thioether (sulfide) groups is 1. The smallest absolute Gasteiger partial charge is 0.321 e. The highest BCUT2D eigenvalue weighted by Crippen LogP contribution is 2.17. The van der Waals surface area contributed by atoms with Crippen LogP contribution in [0, 0.1) is 11.8 Å². The number of carbonyl (C=O) groups is 2. The molecule has 0 bridgehead atoms. The van der Waals surface area contributed by atoms with Gasteiger partial charge in [0.25, 0.3) is 0 Å². The van der Waals surface area contributed by atoms with E-state index in [-0.39, 0.29) is 12.5 Å². The van der Waals surface area contributed by atoms with Gasteiger partial charge in [0.2, 0.25) is 5.91 Å². The summed E-state index contributed by atoms with van der Waals surface area (Å²) < 4.78 is 0. The minimum atomic E-state index is -0.825. The van der Waals surface area contributed by atoms with E-state index < -0.39 is 12.0 Å². The molecule has 1 N–H and O–H groups in total. The van der Waals surface area contributed by atoms with Crippen molar-refractivity contribution in [1.82, 2.24) is 9.80 Å². The van der Waals surface area contributed by atoms with Crippen LogP contribution in [0.5, 0.6) is 0 Å². The Bertz CT molecular complexity index is 351. The van der Waals surface area contributed by atoms with Crippen molar-refractivity contribution in [1.29, 1.82) is 0 Å². The molecule has 0 spiro atoms. The third kappa shape index (κ3) is 6.26. The van der Waals surface area contributed by atoms with Gasteiger partial charge in [-0.05, 0) is 11.8 Å². The lowest BCUT2D eigenvalue weighted by Crippen LogP contribution is -2.52. The Labute approximate surface area is 132 Å². The summed E-state index contributed by atoms with van der Waals surface area (Å²) in [5.41, 5.74) is 0. The number of carboxylic acids is 1. The van der Waals surface area contributed by atoms with Crippen molar-refractivity contribution >= 4 is 23.6 Å². The Morgan fingerprint density at radius 3 is 2.29 bits per heavy atom. The van der Waals surface area contributed by atoms with E-state index in [0.717, 1.165) is 18.8 Å². The highest BCUT2D eigenvalue weighted by Gasteiger charge is 2.31. The van der Waals surface area contributed by atoms with Crippen LogP contribution < -0.4 is 0 Å². The van der Waals surface area contributed by atoms with E-state index in [0.29, 0.717) is 24.1 Å². The van der Waals surface area contributed by atoms with Crippen molar-refractivity contribution in [2.75, 3.05) is 37.7 Å². The molecule has 0 saturated carbocycles. The SMILES string of the molecule is CC(C)CN(CC(C)C)C(=O)CN1CCSCC1C(=O)O. The van der Waals surface area contributed by atoms with E-state index >= 15 is 0 Å². The van der Waals surface area contributed by atoms with Gasteiger partial charge in [0.1, 0.15) is 6.04 Å². The van der Waals surface area contributed by atoms with Gasteiger partial charge in [-0.1, -0.05) is 27.7 Å². The lowest BCUT2D eigenvalue weighted by atomic mass is 10.1. The minimum absolute atomic E-state index is 0.0514. The summed E-state index contributed by atoms with van der Waals surface area (Å²) >= 11 is 1.64. The van der Waals surface area contributed by atoms with Gasteiger partial charge in [0.05, 0.1) is 6.54 Å². The standard InChI is InChI=1S/C15H28N2O3S/c1-11(2)7-17(8-12(3)4)14(18)9-16-5-6-21-10-13(16)15(19)20/h11-13H,5-10H2,1-4H3,(H,19,20). The topological polar surface area (TPSA) is 60.9 Å². The number of hydrogen-bond acceptors (Lipinski definition) is 4. The fraction of sp³-hybridized carbons (Fsp3) is 0.867. The zero-order valence-electron chi connectivity index (χ0n) is 13.5. The summed E-state index contributed by atoms with van der Waals surface area (Å²) in [7, 11) is 0. The van der Waals surface area contributed by atoms with Crippen molar-refractivity contribution in [2.45, 2.75) is 33.7 Å². The second kappa shape index (κ2) is 8.63. The molecule has 21 heavy (non-hydrogen) atoms. The van der Waals surface area contributed by atoms with Crippen molar-refractivity contribution in [3.05, 3.63) is 0 Å². The highest BCUT2D eigenvalue weighted by atomic mass is 32.2. The Hall–Kier alpha value is -0.750. The highest BCUT2D eigenvalue weighted by molar-refractivity contribution is 7.99. The average Bonchev–Trinajstić information content (AvgIpc) is 2.37. The molecule has 0 aromatic carbocycles. The second-order valence-electron chi connectivity index (χ2n) is 6.49. The lowest BCUT2D eigenvalue weighted by molar-refractivity contribution is -0.144. The van der Waals surface area contributed by atoms with Crippen molar-refractivity contribution < 1.29 is 14.7 Å². The van der Waals surface area contributed by atoms with Crippen LogP contribution in [0.15, 0.2) is 0 Å². The zero-order chi connectivity index (χ0) is 16.0. The third-order valence-corrected chi connectivity index (χ3v) is 4.41. The van der Waals surface area contributed by atoms with E-state index in [1.54, 1.807) is 11.8 Å². The Morgan fingerprint density at radius 2 is 1.81 bits per heavy atom. The number of carbonyl (C=O) groups excluding carboxylic acids is 1. The molecule has 1 unspecified atom stereocenters. The molecule has 1 amide bonds. The predicted molar refractivity (Wildman–Crippen MR) is 86.6 cm³/mol. The summed E-state index contributed by atoms with van der Waals surface area (Å²) in [6, 6.07) is -0.535. The maximum atomic E-state index is 12.5. The molecule has 1 rings (SSSR count). The van der Waals surface area contributed by atoms with Gasteiger partial charge in [0.15, 0.2) is 0 Å². The summed E-state index contributed by atoms with van der Waals surface area (Å²) in [5.74, 6) is 1.52. The summed E-state index contributed by atoms with van der Waals surface area (Å²) in [6.45, 7) is 10.7. The lowest BCUT2D eigenvalue weighted by Gasteiger charge is -2.34. The van der Waals surface area contributed by atoms with Crippen molar-refractivity contribution in [2.24, 2.45) is 11.8 Å². The number of nitrogens with zero attached hydrogens (tertiary/aromatic N) is 2. The first kappa shape index (κ1) is 18.3. The Balaban J connectivity index is 2.67. The molecule has 1 aliphatic rings. The molecule has 1 aliphatic heterocycles. The summed E-state index contributed by atoms with van der Waals surface area (Å²) in [4.78, 5) is 27.5. The van der Waals surface area contributed by atoms with Crippen LogP contribution in [0.25, 0.3) is 0 Å². The van der Waals surface area contributed by atoms with Gasteiger partial charge < -0.3 is 10.0 Å². The normalized spacial score (nSPS) is 20.0. The Kier molecular flexibility index (Phi) is 7.52. The fourth-order valence-corrected chi connectivity index (χ4v) is 3.60. The summed E-state index contributed by atoms with van der Waals surface area (Å²) in [5, 5.41) is 9.27. The maximum absolute atomic E-state index is 12.5. The molecule has 0 aliphatic carbocycles. The van der Waals surface area contributed by atoms with Crippen molar-refractivity contribution in [3.63, 3.8) is 0 Å². The number of rotatable bonds is 7. The third-order valence-electron chi connectivity index (χ3n) is 3.39. The van der Waals surface area contributed by atoms with Crippen LogP contribution in [0.1, 0.15) is 27.7 Å². The molecule has 6 heteroatoms. The molecular formula is C15H28N2O3S. The number of amides is 1. The van der Waals surface area contributed by atoms with Gasteiger partial charge in [-0.2, -0.15) is 11.8 Å². The van der Waals surface area contributed by atoms with Gasteiger partial charge in [0, 0.05) is 31.1 Å². The number of hydrogen-bond donors (Lipinski definition) is 1. The number of aliphatic carboxylic acids is 1. The van der Waals surface area contributed by atoms with Gasteiger partial charge in [-0.25, -0.2) is 0 Å². The largest absolute Gasteiger partial charge is 0.480 e. The minimum Gasteiger partial charge on any atom is -0.480 e.